The van der Waals surface area contributed by atoms with Crippen LogP contribution in [-0.4, -0.2) is 39.6 Å². The van der Waals surface area contributed by atoms with Gasteiger partial charge in [0.1, 0.15) is 5.78 Å². The molecule has 0 aliphatic carbocycles. The minimum absolute atomic E-state index is 0.317. The van der Waals surface area contributed by atoms with Crippen LogP contribution in [0.4, 0.5) is 0 Å². The fourth-order valence-electron chi connectivity index (χ4n) is 3.00. The maximum atomic E-state index is 11.4. The molecule has 1 aromatic heterocycles. The van der Waals surface area contributed by atoms with Crippen LogP contribution in [0.2, 0.25) is 0 Å². The summed E-state index contributed by atoms with van der Waals surface area (Å²) in [6.07, 6.45) is 8.59. The molecule has 2 heterocycles. The standard InChI is InChI=1S/C15H25N3O/c1-13(19)12-15-6-4-3-5-10-18(15)11-8-14-7-9-16-17(14)2/h7,9,15H,3-6,8,10-12H2,1-2H3. The molecule has 106 valence electrons. The lowest BCUT2D eigenvalue weighted by molar-refractivity contribution is -0.118. The Bertz CT molecular complexity index is 413. The number of hydrogen-bond acceptors (Lipinski definition) is 3. The van der Waals surface area contributed by atoms with Gasteiger partial charge in [-0.1, -0.05) is 12.8 Å². The van der Waals surface area contributed by atoms with Crippen molar-refractivity contribution in [3.8, 4) is 0 Å². The number of rotatable bonds is 5. The Kier molecular flexibility index (Phi) is 5.14. The van der Waals surface area contributed by atoms with Gasteiger partial charge in [0.15, 0.2) is 0 Å². The number of nitrogens with zero attached hydrogens (tertiary/aromatic N) is 3. The second-order valence-electron chi connectivity index (χ2n) is 5.64. The van der Waals surface area contributed by atoms with Gasteiger partial charge in [-0.15, -0.1) is 0 Å². The van der Waals surface area contributed by atoms with E-state index in [2.05, 4.69) is 16.1 Å². The van der Waals surface area contributed by atoms with Crippen molar-refractivity contribution in [2.45, 2.75) is 51.5 Å². The number of carbonyl (C=O) groups excluding carboxylic acids is 1. The van der Waals surface area contributed by atoms with Crippen LogP contribution < -0.4 is 0 Å². The van der Waals surface area contributed by atoms with E-state index in [1.54, 1.807) is 6.92 Å². The third-order valence-corrected chi connectivity index (χ3v) is 4.10. The molecule has 0 N–H and O–H groups in total. The molecule has 4 nitrogen and oxygen atoms in total. The number of aromatic nitrogens is 2. The van der Waals surface area contributed by atoms with E-state index in [4.69, 9.17) is 0 Å². The molecule has 0 radical (unpaired) electrons. The molecule has 0 amide bonds. The third kappa shape index (κ3) is 4.16. The Morgan fingerprint density at radius 2 is 2.26 bits per heavy atom. The second-order valence-corrected chi connectivity index (χ2v) is 5.64. The van der Waals surface area contributed by atoms with Crippen LogP contribution in [0.15, 0.2) is 12.3 Å². The predicted octanol–water partition coefficient (Wildman–Crippen LogP) is 2.19. The van der Waals surface area contributed by atoms with Crippen LogP contribution in [0.1, 0.15) is 44.7 Å². The summed E-state index contributed by atoms with van der Waals surface area (Å²) in [5.41, 5.74) is 1.27. The maximum absolute atomic E-state index is 11.4. The molecule has 2 rings (SSSR count). The molecule has 1 aromatic rings. The van der Waals surface area contributed by atoms with Crippen molar-refractivity contribution in [2.75, 3.05) is 13.1 Å². The Balaban J connectivity index is 1.94. The summed E-state index contributed by atoms with van der Waals surface area (Å²) < 4.78 is 1.94. The largest absolute Gasteiger partial charge is 0.300 e. The molecular weight excluding hydrogens is 238 g/mol. The first-order valence-corrected chi connectivity index (χ1v) is 7.37. The van der Waals surface area contributed by atoms with Crippen molar-refractivity contribution in [3.05, 3.63) is 18.0 Å². The molecule has 1 saturated heterocycles. The Morgan fingerprint density at radius 1 is 1.42 bits per heavy atom. The molecule has 1 atom stereocenters. The summed E-state index contributed by atoms with van der Waals surface area (Å²) in [6, 6.07) is 2.53. The van der Waals surface area contributed by atoms with E-state index < -0.39 is 0 Å². The van der Waals surface area contributed by atoms with E-state index in [1.807, 2.05) is 17.9 Å². The summed E-state index contributed by atoms with van der Waals surface area (Å²) >= 11 is 0. The highest BCUT2D eigenvalue weighted by Crippen LogP contribution is 2.20. The Labute approximate surface area is 115 Å². The van der Waals surface area contributed by atoms with Crippen molar-refractivity contribution in [1.82, 2.24) is 14.7 Å². The number of likely N-dealkylation sites (tertiary alicyclic amines) is 1. The first-order chi connectivity index (χ1) is 9.16. The van der Waals surface area contributed by atoms with Gasteiger partial charge in [-0.3, -0.25) is 14.4 Å². The smallest absolute Gasteiger partial charge is 0.131 e. The number of ketones is 1. The molecule has 19 heavy (non-hydrogen) atoms. The fourth-order valence-corrected chi connectivity index (χ4v) is 3.00. The zero-order chi connectivity index (χ0) is 13.7. The molecule has 4 heteroatoms. The van der Waals surface area contributed by atoms with Gasteiger partial charge in [0, 0.05) is 44.4 Å². The highest BCUT2D eigenvalue weighted by Gasteiger charge is 2.22. The number of aryl methyl sites for hydroxylation is 1. The van der Waals surface area contributed by atoms with Crippen molar-refractivity contribution in [2.24, 2.45) is 7.05 Å². The zero-order valence-electron chi connectivity index (χ0n) is 12.1. The van der Waals surface area contributed by atoms with Gasteiger partial charge in [0.2, 0.25) is 0 Å². The van der Waals surface area contributed by atoms with Crippen LogP contribution in [0.25, 0.3) is 0 Å². The molecule has 0 bridgehead atoms. The molecular formula is C15H25N3O. The van der Waals surface area contributed by atoms with Gasteiger partial charge in [0.05, 0.1) is 0 Å². The number of hydrogen-bond donors (Lipinski definition) is 0. The van der Waals surface area contributed by atoms with Gasteiger partial charge in [-0.05, 0) is 32.4 Å². The summed E-state index contributed by atoms with van der Waals surface area (Å²) in [5.74, 6) is 0.317. The molecule has 1 unspecified atom stereocenters. The van der Waals surface area contributed by atoms with Crippen LogP contribution >= 0.6 is 0 Å². The molecule has 1 fully saturated rings. The summed E-state index contributed by atoms with van der Waals surface area (Å²) in [6.45, 7) is 3.89. The van der Waals surface area contributed by atoms with Crippen LogP contribution in [-0.2, 0) is 18.3 Å². The molecule has 0 aromatic carbocycles. The quantitative estimate of drug-likeness (QED) is 0.817. The van der Waals surface area contributed by atoms with Crippen molar-refractivity contribution >= 4 is 5.78 Å². The SMILES string of the molecule is CC(=O)CC1CCCCCN1CCc1ccnn1C. The number of carbonyl (C=O) groups is 1. The molecule has 1 aliphatic heterocycles. The van der Waals surface area contributed by atoms with Crippen LogP contribution in [0.3, 0.4) is 0 Å². The van der Waals surface area contributed by atoms with Crippen molar-refractivity contribution in [3.63, 3.8) is 0 Å². The van der Waals surface area contributed by atoms with Crippen molar-refractivity contribution in [1.29, 1.82) is 0 Å². The van der Waals surface area contributed by atoms with Gasteiger partial charge < -0.3 is 0 Å². The minimum Gasteiger partial charge on any atom is -0.300 e. The fraction of sp³-hybridized carbons (Fsp3) is 0.733. The maximum Gasteiger partial charge on any atom is 0.131 e. The van der Waals surface area contributed by atoms with Gasteiger partial charge >= 0.3 is 0 Å². The van der Waals surface area contributed by atoms with E-state index >= 15 is 0 Å². The van der Waals surface area contributed by atoms with E-state index in [1.165, 1.54) is 31.4 Å². The average molecular weight is 263 g/mol. The van der Waals surface area contributed by atoms with E-state index in [0.29, 0.717) is 18.2 Å². The van der Waals surface area contributed by atoms with Gasteiger partial charge in [-0.25, -0.2) is 0 Å². The van der Waals surface area contributed by atoms with E-state index in [9.17, 15) is 4.79 Å². The van der Waals surface area contributed by atoms with Gasteiger partial charge in [-0.2, -0.15) is 5.10 Å². The molecule has 0 spiro atoms. The second kappa shape index (κ2) is 6.85. The summed E-state index contributed by atoms with van der Waals surface area (Å²) in [4.78, 5) is 13.9. The monoisotopic (exact) mass is 263 g/mol. The number of Topliss-reactive ketones (excluding diaryl/α,β-unsaturated/α-hetero) is 1. The predicted molar refractivity (Wildman–Crippen MR) is 76.0 cm³/mol. The lowest BCUT2D eigenvalue weighted by Crippen LogP contribution is -2.37. The average Bonchev–Trinajstić information content (AvgIpc) is 2.64. The molecule has 0 saturated carbocycles. The normalized spacial score (nSPS) is 21.3. The first-order valence-electron chi connectivity index (χ1n) is 7.37. The molecule has 1 aliphatic rings. The van der Waals surface area contributed by atoms with Crippen molar-refractivity contribution < 1.29 is 4.79 Å². The third-order valence-electron chi connectivity index (χ3n) is 4.10. The Morgan fingerprint density at radius 3 is 2.95 bits per heavy atom. The summed E-state index contributed by atoms with van der Waals surface area (Å²) in [7, 11) is 1.99. The summed E-state index contributed by atoms with van der Waals surface area (Å²) in [5, 5.41) is 4.21. The zero-order valence-corrected chi connectivity index (χ0v) is 12.1. The van der Waals surface area contributed by atoms with E-state index in [0.717, 1.165) is 19.5 Å². The highest BCUT2D eigenvalue weighted by atomic mass is 16.1. The topological polar surface area (TPSA) is 38.1 Å². The van der Waals surface area contributed by atoms with Crippen LogP contribution in [0, 0.1) is 0 Å². The van der Waals surface area contributed by atoms with Gasteiger partial charge in [0.25, 0.3) is 0 Å². The Hall–Kier alpha value is -1.16. The van der Waals surface area contributed by atoms with Crippen LogP contribution in [0.5, 0.6) is 0 Å². The lowest BCUT2D eigenvalue weighted by Gasteiger charge is -2.29. The first kappa shape index (κ1) is 14.3. The highest BCUT2D eigenvalue weighted by molar-refractivity contribution is 5.76. The minimum atomic E-state index is 0.317. The van der Waals surface area contributed by atoms with E-state index in [-0.39, 0.29) is 0 Å². The lowest BCUT2D eigenvalue weighted by atomic mass is 10.0.